The van der Waals surface area contributed by atoms with Crippen LogP contribution in [0.4, 0.5) is 0 Å². The second-order valence-corrected chi connectivity index (χ2v) is 4.99. The Hall–Kier alpha value is -2.40. The molecule has 2 aromatic carbocycles. The minimum atomic E-state index is 0.668. The number of aromatic nitrogens is 3. The zero-order valence-electron chi connectivity index (χ0n) is 12.2. The second-order valence-electron chi connectivity index (χ2n) is 4.99. The predicted octanol–water partition coefficient (Wildman–Crippen LogP) is 2.27. The molecule has 3 aromatic rings. The van der Waals surface area contributed by atoms with E-state index in [1.807, 2.05) is 19.2 Å². The van der Waals surface area contributed by atoms with Crippen LogP contribution in [-0.4, -0.2) is 21.9 Å². The van der Waals surface area contributed by atoms with Crippen molar-refractivity contribution in [3.8, 4) is 5.75 Å². The molecule has 1 aromatic heterocycles. The molecule has 0 unspecified atom stereocenters. The van der Waals surface area contributed by atoms with Crippen LogP contribution in [0.3, 0.4) is 0 Å². The van der Waals surface area contributed by atoms with Gasteiger partial charge in [-0.05, 0) is 34.5 Å². The van der Waals surface area contributed by atoms with E-state index < -0.39 is 0 Å². The Morgan fingerprint density at radius 1 is 1.10 bits per heavy atom. The van der Waals surface area contributed by atoms with Gasteiger partial charge in [0.1, 0.15) is 12.1 Å². The number of fused-ring (bicyclic) bond motifs is 1. The van der Waals surface area contributed by atoms with Crippen molar-refractivity contribution in [3.05, 3.63) is 54.1 Å². The second kappa shape index (κ2) is 5.93. The fourth-order valence-corrected chi connectivity index (χ4v) is 2.29. The topological polar surface area (TPSA) is 52.0 Å². The van der Waals surface area contributed by atoms with E-state index in [1.54, 1.807) is 18.1 Å². The molecule has 1 N–H and O–H groups in total. The van der Waals surface area contributed by atoms with Gasteiger partial charge in [0, 0.05) is 13.6 Å². The molecule has 108 valence electrons. The van der Waals surface area contributed by atoms with E-state index in [1.165, 1.54) is 16.3 Å². The molecule has 0 spiro atoms. The number of rotatable bonds is 5. The number of hydrogen-bond acceptors (Lipinski definition) is 4. The molecule has 0 aliphatic carbocycles. The molecular formula is C16H18N4O. The van der Waals surface area contributed by atoms with Crippen molar-refractivity contribution in [2.45, 2.75) is 13.1 Å². The lowest BCUT2D eigenvalue weighted by Crippen LogP contribution is -2.14. The third kappa shape index (κ3) is 3.20. The molecule has 0 saturated carbocycles. The molecular weight excluding hydrogens is 264 g/mol. The van der Waals surface area contributed by atoms with E-state index in [2.05, 4.69) is 39.7 Å². The van der Waals surface area contributed by atoms with Crippen LogP contribution in [0, 0.1) is 0 Å². The van der Waals surface area contributed by atoms with Gasteiger partial charge in [-0.15, -0.1) is 0 Å². The van der Waals surface area contributed by atoms with Gasteiger partial charge in [-0.25, -0.2) is 4.98 Å². The van der Waals surface area contributed by atoms with Crippen molar-refractivity contribution in [3.63, 3.8) is 0 Å². The van der Waals surface area contributed by atoms with Crippen LogP contribution < -0.4 is 10.1 Å². The van der Waals surface area contributed by atoms with E-state index in [9.17, 15) is 0 Å². The Bertz CT molecular complexity index is 751. The summed E-state index contributed by atoms with van der Waals surface area (Å²) < 4.78 is 6.95. The van der Waals surface area contributed by atoms with Gasteiger partial charge in [-0.1, -0.05) is 18.2 Å². The van der Waals surface area contributed by atoms with Gasteiger partial charge in [-0.2, -0.15) is 5.10 Å². The molecule has 5 nitrogen and oxygen atoms in total. The maximum Gasteiger partial charge on any atom is 0.164 e. The highest BCUT2D eigenvalue weighted by atomic mass is 16.5. The molecule has 0 bridgehead atoms. The monoisotopic (exact) mass is 282 g/mol. The molecule has 0 atom stereocenters. The molecule has 0 aliphatic rings. The van der Waals surface area contributed by atoms with Crippen LogP contribution >= 0.6 is 0 Å². The molecule has 1 heterocycles. The highest BCUT2D eigenvalue weighted by molar-refractivity contribution is 5.84. The fourth-order valence-electron chi connectivity index (χ4n) is 2.29. The normalized spacial score (nSPS) is 11.0. The summed E-state index contributed by atoms with van der Waals surface area (Å²) in [6.07, 6.45) is 1.71. The molecule has 0 radical (unpaired) electrons. The standard InChI is InChI=1S/C16H18N4O/c1-20-11-18-16(19-20)10-17-9-12-3-4-14-8-15(21-2)6-5-13(14)7-12/h3-8,11,17H,9-10H2,1-2H3. The SMILES string of the molecule is COc1ccc2cc(CNCc3ncn(C)n3)ccc2c1. The number of hydrogen-bond donors (Lipinski definition) is 1. The van der Waals surface area contributed by atoms with E-state index in [0.717, 1.165) is 18.1 Å². The van der Waals surface area contributed by atoms with Crippen molar-refractivity contribution in [2.75, 3.05) is 7.11 Å². The summed E-state index contributed by atoms with van der Waals surface area (Å²) in [5, 5.41) is 9.99. The van der Waals surface area contributed by atoms with E-state index >= 15 is 0 Å². The Kier molecular flexibility index (Phi) is 3.83. The zero-order chi connectivity index (χ0) is 14.7. The van der Waals surface area contributed by atoms with Gasteiger partial charge in [0.05, 0.1) is 13.7 Å². The van der Waals surface area contributed by atoms with Gasteiger partial charge in [0.15, 0.2) is 5.82 Å². The lowest BCUT2D eigenvalue weighted by atomic mass is 10.1. The Morgan fingerprint density at radius 3 is 2.67 bits per heavy atom. The molecule has 3 rings (SSSR count). The summed E-state index contributed by atoms with van der Waals surface area (Å²) in [6.45, 7) is 1.46. The first-order valence-corrected chi connectivity index (χ1v) is 6.86. The van der Waals surface area contributed by atoms with E-state index in [0.29, 0.717) is 6.54 Å². The summed E-state index contributed by atoms with van der Waals surface area (Å²) >= 11 is 0. The average Bonchev–Trinajstić information content (AvgIpc) is 2.92. The zero-order valence-corrected chi connectivity index (χ0v) is 12.2. The van der Waals surface area contributed by atoms with Crippen LogP contribution in [0.15, 0.2) is 42.7 Å². The molecule has 0 fully saturated rings. The van der Waals surface area contributed by atoms with Gasteiger partial charge in [-0.3, -0.25) is 4.68 Å². The van der Waals surface area contributed by atoms with Crippen molar-refractivity contribution in [1.29, 1.82) is 0 Å². The Morgan fingerprint density at radius 2 is 1.90 bits per heavy atom. The van der Waals surface area contributed by atoms with E-state index in [-0.39, 0.29) is 0 Å². The summed E-state index contributed by atoms with van der Waals surface area (Å²) in [7, 11) is 3.55. The maximum atomic E-state index is 5.24. The number of nitrogens with one attached hydrogen (secondary N) is 1. The number of benzene rings is 2. The molecule has 21 heavy (non-hydrogen) atoms. The number of nitrogens with zero attached hydrogens (tertiary/aromatic N) is 3. The quantitative estimate of drug-likeness (QED) is 0.780. The lowest BCUT2D eigenvalue weighted by molar-refractivity contribution is 0.415. The predicted molar refractivity (Wildman–Crippen MR) is 82.0 cm³/mol. The number of methoxy groups -OCH3 is 1. The van der Waals surface area contributed by atoms with Crippen molar-refractivity contribution in [2.24, 2.45) is 7.05 Å². The van der Waals surface area contributed by atoms with Crippen molar-refractivity contribution >= 4 is 10.8 Å². The minimum absolute atomic E-state index is 0.668. The lowest BCUT2D eigenvalue weighted by Gasteiger charge is -2.06. The Balaban J connectivity index is 1.67. The van der Waals surface area contributed by atoms with Crippen molar-refractivity contribution < 1.29 is 4.74 Å². The van der Waals surface area contributed by atoms with Crippen LogP contribution in [0.1, 0.15) is 11.4 Å². The largest absolute Gasteiger partial charge is 0.497 e. The minimum Gasteiger partial charge on any atom is -0.497 e. The van der Waals surface area contributed by atoms with E-state index in [4.69, 9.17) is 4.74 Å². The third-order valence-electron chi connectivity index (χ3n) is 3.37. The van der Waals surface area contributed by atoms with Gasteiger partial charge >= 0.3 is 0 Å². The summed E-state index contributed by atoms with van der Waals surface area (Å²) in [5.74, 6) is 1.69. The number of aryl methyl sites for hydroxylation is 1. The fraction of sp³-hybridized carbons (Fsp3) is 0.250. The molecule has 5 heteroatoms. The number of ether oxygens (including phenoxy) is 1. The molecule has 0 aliphatic heterocycles. The first-order chi connectivity index (χ1) is 10.2. The van der Waals surface area contributed by atoms with Gasteiger partial charge < -0.3 is 10.1 Å². The van der Waals surface area contributed by atoms with Gasteiger partial charge in [0.25, 0.3) is 0 Å². The highest BCUT2D eigenvalue weighted by Crippen LogP contribution is 2.21. The first kappa shape index (κ1) is 13.6. The molecule has 0 amide bonds. The van der Waals surface area contributed by atoms with Crippen LogP contribution in [0.25, 0.3) is 10.8 Å². The third-order valence-corrected chi connectivity index (χ3v) is 3.37. The summed E-state index contributed by atoms with van der Waals surface area (Å²) in [5.41, 5.74) is 1.24. The van der Waals surface area contributed by atoms with Crippen LogP contribution in [0.2, 0.25) is 0 Å². The smallest absolute Gasteiger partial charge is 0.164 e. The highest BCUT2D eigenvalue weighted by Gasteiger charge is 2.01. The van der Waals surface area contributed by atoms with Crippen molar-refractivity contribution in [1.82, 2.24) is 20.1 Å². The maximum absolute atomic E-state index is 5.24. The average molecular weight is 282 g/mol. The first-order valence-electron chi connectivity index (χ1n) is 6.86. The molecule has 0 saturated heterocycles. The van der Waals surface area contributed by atoms with Crippen LogP contribution in [0.5, 0.6) is 5.75 Å². The van der Waals surface area contributed by atoms with Crippen LogP contribution in [-0.2, 0) is 20.1 Å². The summed E-state index contributed by atoms with van der Waals surface area (Å²) in [4.78, 5) is 4.19. The summed E-state index contributed by atoms with van der Waals surface area (Å²) in [6, 6.07) is 12.5. The van der Waals surface area contributed by atoms with Gasteiger partial charge in [0.2, 0.25) is 0 Å². The Labute approximate surface area is 123 Å².